The molecule has 0 spiro atoms. The van der Waals surface area contributed by atoms with Crippen molar-refractivity contribution in [2.75, 3.05) is 11.9 Å². The van der Waals surface area contributed by atoms with Gasteiger partial charge in [-0.2, -0.15) is 0 Å². The van der Waals surface area contributed by atoms with Gasteiger partial charge < -0.3 is 15.4 Å². The summed E-state index contributed by atoms with van der Waals surface area (Å²) in [5.41, 5.74) is 1.70. The van der Waals surface area contributed by atoms with Gasteiger partial charge in [-0.05, 0) is 55.8 Å². The lowest BCUT2D eigenvalue weighted by Crippen LogP contribution is -2.29. The maximum Gasteiger partial charge on any atom is 0.239 e. The highest BCUT2D eigenvalue weighted by Crippen LogP contribution is 2.13. The number of anilines is 1. The normalized spacial score (nSPS) is 10.4. The molecular weight excluding hydrogens is 295 g/mol. The summed E-state index contributed by atoms with van der Waals surface area (Å²) < 4.78 is 18.3. The minimum atomic E-state index is -0.301. The molecule has 4 nitrogen and oxygen atoms in total. The van der Waals surface area contributed by atoms with Gasteiger partial charge in [0, 0.05) is 12.2 Å². The van der Waals surface area contributed by atoms with Gasteiger partial charge in [-0.15, -0.1) is 0 Å². The zero-order chi connectivity index (χ0) is 16.7. The third-order valence-corrected chi connectivity index (χ3v) is 3.08. The van der Waals surface area contributed by atoms with E-state index in [0.717, 1.165) is 11.3 Å². The molecule has 23 heavy (non-hydrogen) atoms. The van der Waals surface area contributed by atoms with Gasteiger partial charge in [-0.3, -0.25) is 4.79 Å². The molecule has 2 N–H and O–H groups in total. The molecule has 0 aromatic heterocycles. The predicted octanol–water partition coefficient (Wildman–Crippen LogP) is 3.34. The monoisotopic (exact) mass is 316 g/mol. The first-order valence-corrected chi connectivity index (χ1v) is 7.54. The van der Waals surface area contributed by atoms with Crippen molar-refractivity contribution >= 4 is 11.6 Å². The number of carbonyl (C=O) groups is 1. The summed E-state index contributed by atoms with van der Waals surface area (Å²) in [5.74, 6) is 0.384. The van der Waals surface area contributed by atoms with Crippen molar-refractivity contribution in [3.63, 3.8) is 0 Å². The van der Waals surface area contributed by atoms with Crippen LogP contribution in [-0.2, 0) is 11.3 Å². The van der Waals surface area contributed by atoms with E-state index in [0.29, 0.717) is 12.2 Å². The molecule has 0 saturated carbocycles. The summed E-state index contributed by atoms with van der Waals surface area (Å²) in [6.45, 7) is 4.54. The van der Waals surface area contributed by atoms with E-state index >= 15 is 0 Å². The molecule has 1 amide bonds. The van der Waals surface area contributed by atoms with Crippen molar-refractivity contribution in [3.8, 4) is 5.75 Å². The SMILES string of the molecule is CC(C)Oc1ccc(CNC(=O)CNc2ccc(F)cc2)cc1. The highest BCUT2D eigenvalue weighted by atomic mass is 19.1. The molecule has 0 radical (unpaired) electrons. The molecule has 0 saturated heterocycles. The number of nitrogens with one attached hydrogen (secondary N) is 2. The zero-order valence-electron chi connectivity index (χ0n) is 13.3. The number of hydrogen-bond donors (Lipinski definition) is 2. The molecule has 0 fully saturated rings. The Morgan fingerprint density at radius 3 is 2.35 bits per heavy atom. The Morgan fingerprint density at radius 2 is 1.74 bits per heavy atom. The van der Waals surface area contributed by atoms with E-state index in [9.17, 15) is 9.18 Å². The standard InChI is InChI=1S/C18H21FN2O2/c1-13(2)23-17-9-3-14(4-10-17)11-21-18(22)12-20-16-7-5-15(19)6-8-16/h3-10,13,20H,11-12H2,1-2H3,(H,21,22). The Morgan fingerprint density at radius 1 is 1.09 bits per heavy atom. The first-order valence-electron chi connectivity index (χ1n) is 7.54. The maximum atomic E-state index is 12.8. The van der Waals surface area contributed by atoms with E-state index in [-0.39, 0.29) is 24.4 Å². The van der Waals surface area contributed by atoms with Crippen molar-refractivity contribution in [1.82, 2.24) is 5.32 Å². The Hall–Kier alpha value is -2.56. The van der Waals surface area contributed by atoms with E-state index in [1.807, 2.05) is 38.1 Å². The molecule has 0 bridgehead atoms. The number of halogens is 1. The van der Waals surface area contributed by atoms with Crippen molar-refractivity contribution in [3.05, 3.63) is 59.9 Å². The summed E-state index contributed by atoms with van der Waals surface area (Å²) in [4.78, 5) is 11.8. The third-order valence-electron chi connectivity index (χ3n) is 3.08. The number of hydrogen-bond acceptors (Lipinski definition) is 3. The summed E-state index contributed by atoms with van der Waals surface area (Å²) in [6.07, 6.45) is 0.137. The number of rotatable bonds is 7. The van der Waals surface area contributed by atoms with Crippen LogP contribution in [0.5, 0.6) is 5.75 Å². The fourth-order valence-corrected chi connectivity index (χ4v) is 1.97. The summed E-state index contributed by atoms with van der Waals surface area (Å²) in [7, 11) is 0. The Kier molecular flexibility index (Phi) is 5.97. The first kappa shape index (κ1) is 16.8. The van der Waals surface area contributed by atoms with Crippen LogP contribution in [0.3, 0.4) is 0 Å². The maximum absolute atomic E-state index is 12.8. The molecule has 0 aliphatic heterocycles. The lowest BCUT2D eigenvalue weighted by atomic mass is 10.2. The van der Waals surface area contributed by atoms with Crippen LogP contribution >= 0.6 is 0 Å². The lowest BCUT2D eigenvalue weighted by molar-refractivity contribution is -0.119. The largest absolute Gasteiger partial charge is 0.491 e. The highest BCUT2D eigenvalue weighted by molar-refractivity contribution is 5.80. The minimum absolute atomic E-state index is 0.128. The van der Waals surface area contributed by atoms with Crippen molar-refractivity contribution in [2.24, 2.45) is 0 Å². The molecule has 2 aromatic carbocycles. The van der Waals surface area contributed by atoms with Crippen LogP contribution in [0, 0.1) is 5.82 Å². The van der Waals surface area contributed by atoms with Gasteiger partial charge in [0.1, 0.15) is 11.6 Å². The quantitative estimate of drug-likeness (QED) is 0.824. The topological polar surface area (TPSA) is 50.4 Å². The van der Waals surface area contributed by atoms with E-state index in [2.05, 4.69) is 10.6 Å². The van der Waals surface area contributed by atoms with Crippen molar-refractivity contribution in [2.45, 2.75) is 26.5 Å². The van der Waals surface area contributed by atoms with Gasteiger partial charge in [0.05, 0.1) is 12.6 Å². The second kappa shape index (κ2) is 8.17. The number of amides is 1. The van der Waals surface area contributed by atoms with Gasteiger partial charge in [0.25, 0.3) is 0 Å². The number of carbonyl (C=O) groups excluding carboxylic acids is 1. The molecule has 2 rings (SSSR count). The van der Waals surface area contributed by atoms with E-state index in [1.165, 1.54) is 12.1 Å². The van der Waals surface area contributed by atoms with E-state index in [4.69, 9.17) is 4.74 Å². The predicted molar refractivity (Wildman–Crippen MR) is 88.9 cm³/mol. The van der Waals surface area contributed by atoms with E-state index < -0.39 is 0 Å². The fourth-order valence-electron chi connectivity index (χ4n) is 1.97. The molecule has 0 aliphatic rings. The molecule has 0 heterocycles. The number of benzene rings is 2. The van der Waals surface area contributed by atoms with Gasteiger partial charge in [-0.25, -0.2) is 4.39 Å². The summed E-state index contributed by atoms with van der Waals surface area (Å²) in [5, 5.41) is 5.76. The molecule has 0 unspecified atom stereocenters. The fraction of sp³-hybridized carbons (Fsp3) is 0.278. The van der Waals surface area contributed by atoms with Gasteiger partial charge >= 0.3 is 0 Å². The first-order chi connectivity index (χ1) is 11.0. The summed E-state index contributed by atoms with van der Waals surface area (Å²) in [6, 6.07) is 13.5. The van der Waals surface area contributed by atoms with Gasteiger partial charge in [-0.1, -0.05) is 12.1 Å². The Labute approximate surface area is 135 Å². The van der Waals surface area contributed by atoms with Crippen LogP contribution in [-0.4, -0.2) is 18.6 Å². The van der Waals surface area contributed by atoms with Crippen LogP contribution in [0.15, 0.2) is 48.5 Å². The van der Waals surface area contributed by atoms with E-state index in [1.54, 1.807) is 12.1 Å². The molecule has 5 heteroatoms. The average molecular weight is 316 g/mol. The molecule has 0 aliphatic carbocycles. The zero-order valence-corrected chi connectivity index (χ0v) is 13.3. The second-order valence-electron chi connectivity index (χ2n) is 5.45. The summed E-state index contributed by atoms with van der Waals surface area (Å²) >= 11 is 0. The Balaban J connectivity index is 1.74. The van der Waals surface area contributed by atoms with Crippen molar-refractivity contribution < 1.29 is 13.9 Å². The van der Waals surface area contributed by atoms with Crippen LogP contribution in [0.4, 0.5) is 10.1 Å². The minimum Gasteiger partial charge on any atom is -0.491 e. The van der Waals surface area contributed by atoms with Crippen LogP contribution in [0.2, 0.25) is 0 Å². The highest BCUT2D eigenvalue weighted by Gasteiger charge is 2.03. The van der Waals surface area contributed by atoms with Gasteiger partial charge in [0.15, 0.2) is 0 Å². The molecule has 122 valence electrons. The lowest BCUT2D eigenvalue weighted by Gasteiger charge is -2.11. The van der Waals surface area contributed by atoms with Crippen LogP contribution in [0.1, 0.15) is 19.4 Å². The average Bonchev–Trinajstić information content (AvgIpc) is 2.53. The Bertz CT molecular complexity index is 624. The second-order valence-corrected chi connectivity index (χ2v) is 5.45. The van der Waals surface area contributed by atoms with Crippen molar-refractivity contribution in [1.29, 1.82) is 0 Å². The van der Waals surface area contributed by atoms with Crippen LogP contribution < -0.4 is 15.4 Å². The third kappa shape index (κ3) is 5.98. The molecule has 0 atom stereocenters. The smallest absolute Gasteiger partial charge is 0.239 e. The number of ether oxygens (including phenoxy) is 1. The van der Waals surface area contributed by atoms with Gasteiger partial charge in [0.2, 0.25) is 5.91 Å². The molecule has 2 aromatic rings. The molecular formula is C18H21FN2O2. The van der Waals surface area contributed by atoms with Crippen LogP contribution in [0.25, 0.3) is 0 Å².